The number of imidazole rings is 1. The highest BCUT2D eigenvalue weighted by Crippen LogP contribution is 2.14. The third kappa shape index (κ3) is 3.29. The number of benzene rings is 2. The zero-order valence-corrected chi connectivity index (χ0v) is 13.5. The Morgan fingerprint density at radius 3 is 2.67 bits per heavy atom. The molecule has 0 bridgehead atoms. The Morgan fingerprint density at radius 1 is 1.10 bits per heavy atom. The van der Waals surface area contributed by atoms with E-state index in [4.69, 9.17) is 4.74 Å². The lowest BCUT2D eigenvalue weighted by atomic mass is 10.3. The van der Waals surface area contributed by atoms with Crippen LogP contribution in [0.5, 0.6) is 5.75 Å². The molecule has 0 unspecified atom stereocenters. The molecular formula is C16H15IN2O2. The molecule has 5 heteroatoms. The summed E-state index contributed by atoms with van der Waals surface area (Å²) in [5.74, 6) is 0.863. The van der Waals surface area contributed by atoms with Crippen LogP contribution < -0.4 is 10.4 Å². The van der Waals surface area contributed by atoms with Gasteiger partial charge < -0.3 is 9.72 Å². The first kappa shape index (κ1) is 14.2. The predicted octanol–water partition coefficient (Wildman–Crippen LogP) is 3.40. The number of halogens is 1. The van der Waals surface area contributed by atoms with Crippen LogP contribution in [0.3, 0.4) is 0 Å². The molecule has 3 rings (SSSR count). The molecule has 1 aromatic heterocycles. The highest BCUT2D eigenvalue weighted by atomic mass is 127. The van der Waals surface area contributed by atoms with Crippen molar-refractivity contribution in [3.63, 3.8) is 0 Å². The van der Waals surface area contributed by atoms with Crippen LogP contribution in [-0.2, 0) is 6.54 Å². The summed E-state index contributed by atoms with van der Waals surface area (Å²) >= 11 is 2.26. The number of hydrogen-bond donors (Lipinski definition) is 1. The van der Waals surface area contributed by atoms with Crippen molar-refractivity contribution in [1.82, 2.24) is 9.55 Å². The van der Waals surface area contributed by atoms with Gasteiger partial charge in [0.25, 0.3) is 0 Å². The van der Waals surface area contributed by atoms with Gasteiger partial charge in [-0.05, 0) is 65.4 Å². The van der Waals surface area contributed by atoms with Crippen molar-refractivity contribution in [3.05, 3.63) is 62.6 Å². The van der Waals surface area contributed by atoms with Crippen LogP contribution in [0.2, 0.25) is 0 Å². The topological polar surface area (TPSA) is 47.0 Å². The number of aromatic nitrogens is 2. The molecule has 0 aliphatic carbocycles. The number of nitrogens with one attached hydrogen (secondary N) is 1. The Balaban J connectivity index is 1.61. The molecule has 0 fully saturated rings. The SMILES string of the molecule is O=c1[nH]c2ccccc2n1CCCOc1ccc(I)cc1. The number of para-hydroxylation sites is 2. The Kier molecular flexibility index (Phi) is 4.28. The Bertz CT molecular complexity index is 790. The van der Waals surface area contributed by atoms with E-state index in [1.54, 1.807) is 4.57 Å². The van der Waals surface area contributed by atoms with Crippen LogP contribution in [0.1, 0.15) is 6.42 Å². The van der Waals surface area contributed by atoms with Crippen LogP contribution in [0.25, 0.3) is 11.0 Å². The standard InChI is InChI=1S/C16H15IN2O2/c17-12-6-8-13(9-7-12)21-11-3-10-19-15-5-2-1-4-14(15)18-16(19)20/h1-2,4-9H,3,10-11H2,(H,18,20). The molecule has 0 saturated heterocycles. The van der Waals surface area contributed by atoms with Crippen molar-refractivity contribution in [3.8, 4) is 5.75 Å². The number of fused-ring (bicyclic) bond motifs is 1. The second kappa shape index (κ2) is 6.34. The van der Waals surface area contributed by atoms with E-state index in [-0.39, 0.29) is 5.69 Å². The van der Waals surface area contributed by atoms with Gasteiger partial charge in [0.2, 0.25) is 0 Å². The molecule has 3 aromatic rings. The summed E-state index contributed by atoms with van der Waals surface area (Å²) in [6.07, 6.45) is 0.785. The molecule has 108 valence electrons. The fourth-order valence-corrected chi connectivity index (χ4v) is 2.63. The van der Waals surface area contributed by atoms with Crippen LogP contribution in [-0.4, -0.2) is 16.2 Å². The first-order chi connectivity index (χ1) is 10.2. The molecule has 0 radical (unpaired) electrons. The number of aryl methyl sites for hydroxylation is 1. The summed E-state index contributed by atoms with van der Waals surface area (Å²) in [5, 5.41) is 0. The van der Waals surface area contributed by atoms with Crippen LogP contribution in [0.4, 0.5) is 0 Å². The highest BCUT2D eigenvalue weighted by molar-refractivity contribution is 14.1. The molecule has 0 atom stereocenters. The van der Waals surface area contributed by atoms with Gasteiger partial charge >= 0.3 is 5.69 Å². The van der Waals surface area contributed by atoms with E-state index in [2.05, 4.69) is 27.6 Å². The third-order valence-electron chi connectivity index (χ3n) is 3.29. The Hall–Kier alpha value is -1.76. The van der Waals surface area contributed by atoms with Crippen molar-refractivity contribution in [1.29, 1.82) is 0 Å². The largest absolute Gasteiger partial charge is 0.494 e. The predicted molar refractivity (Wildman–Crippen MR) is 91.8 cm³/mol. The van der Waals surface area contributed by atoms with E-state index in [0.717, 1.165) is 23.2 Å². The molecule has 0 aliphatic heterocycles. The minimum Gasteiger partial charge on any atom is -0.494 e. The third-order valence-corrected chi connectivity index (χ3v) is 4.01. The summed E-state index contributed by atoms with van der Waals surface area (Å²) in [5.41, 5.74) is 1.75. The van der Waals surface area contributed by atoms with Gasteiger partial charge in [0, 0.05) is 10.1 Å². The first-order valence-corrected chi connectivity index (χ1v) is 7.88. The van der Waals surface area contributed by atoms with E-state index in [9.17, 15) is 4.79 Å². The average Bonchev–Trinajstić information content (AvgIpc) is 2.81. The van der Waals surface area contributed by atoms with Crippen molar-refractivity contribution < 1.29 is 4.74 Å². The number of ether oxygens (including phenoxy) is 1. The molecule has 1 heterocycles. The molecule has 21 heavy (non-hydrogen) atoms. The summed E-state index contributed by atoms with van der Waals surface area (Å²) in [4.78, 5) is 14.8. The van der Waals surface area contributed by atoms with Crippen molar-refractivity contribution in [2.45, 2.75) is 13.0 Å². The average molecular weight is 394 g/mol. The maximum absolute atomic E-state index is 11.9. The monoisotopic (exact) mass is 394 g/mol. The lowest BCUT2D eigenvalue weighted by Crippen LogP contribution is -2.18. The molecule has 0 saturated carbocycles. The summed E-state index contributed by atoms with van der Waals surface area (Å²) in [6, 6.07) is 15.7. The minimum atomic E-state index is -0.0644. The van der Waals surface area contributed by atoms with Crippen molar-refractivity contribution >= 4 is 33.6 Å². The normalized spacial score (nSPS) is 10.9. The number of H-pyrrole nitrogens is 1. The highest BCUT2D eigenvalue weighted by Gasteiger charge is 2.05. The lowest BCUT2D eigenvalue weighted by molar-refractivity contribution is 0.302. The first-order valence-electron chi connectivity index (χ1n) is 6.80. The van der Waals surface area contributed by atoms with Gasteiger partial charge in [0.05, 0.1) is 17.6 Å². The summed E-state index contributed by atoms with van der Waals surface area (Å²) in [6.45, 7) is 1.24. The van der Waals surface area contributed by atoms with Gasteiger partial charge in [0.1, 0.15) is 5.75 Å². The quantitative estimate of drug-likeness (QED) is 0.533. The number of rotatable bonds is 5. The Morgan fingerprint density at radius 2 is 1.86 bits per heavy atom. The Labute approximate surface area is 135 Å². The number of hydrogen-bond acceptors (Lipinski definition) is 2. The molecule has 0 spiro atoms. The second-order valence-corrected chi connectivity index (χ2v) is 6.00. The van der Waals surface area contributed by atoms with Gasteiger partial charge in [-0.1, -0.05) is 12.1 Å². The van der Waals surface area contributed by atoms with Crippen molar-refractivity contribution in [2.75, 3.05) is 6.61 Å². The zero-order chi connectivity index (χ0) is 14.7. The molecular weight excluding hydrogens is 379 g/mol. The van der Waals surface area contributed by atoms with Crippen LogP contribution in [0, 0.1) is 3.57 Å². The molecule has 0 amide bonds. The molecule has 4 nitrogen and oxygen atoms in total. The fourth-order valence-electron chi connectivity index (χ4n) is 2.27. The van der Waals surface area contributed by atoms with Gasteiger partial charge in [-0.3, -0.25) is 4.57 Å². The van der Waals surface area contributed by atoms with Gasteiger partial charge in [-0.2, -0.15) is 0 Å². The van der Waals surface area contributed by atoms with E-state index in [1.165, 1.54) is 3.57 Å². The minimum absolute atomic E-state index is 0.0644. The van der Waals surface area contributed by atoms with E-state index in [0.29, 0.717) is 13.2 Å². The van der Waals surface area contributed by atoms with Crippen LogP contribution in [0.15, 0.2) is 53.3 Å². The van der Waals surface area contributed by atoms with Gasteiger partial charge in [-0.15, -0.1) is 0 Å². The van der Waals surface area contributed by atoms with E-state index in [1.807, 2.05) is 48.5 Å². The summed E-state index contributed by atoms with van der Waals surface area (Å²) < 4.78 is 8.62. The zero-order valence-electron chi connectivity index (χ0n) is 11.4. The molecule has 2 aromatic carbocycles. The van der Waals surface area contributed by atoms with Crippen molar-refractivity contribution in [2.24, 2.45) is 0 Å². The second-order valence-electron chi connectivity index (χ2n) is 4.75. The fraction of sp³-hybridized carbons (Fsp3) is 0.188. The van der Waals surface area contributed by atoms with Crippen LogP contribution >= 0.6 is 22.6 Å². The van der Waals surface area contributed by atoms with E-state index < -0.39 is 0 Å². The summed E-state index contributed by atoms with van der Waals surface area (Å²) in [7, 11) is 0. The number of nitrogens with zero attached hydrogens (tertiary/aromatic N) is 1. The molecule has 0 aliphatic rings. The maximum atomic E-state index is 11.9. The van der Waals surface area contributed by atoms with E-state index >= 15 is 0 Å². The number of aromatic amines is 1. The smallest absolute Gasteiger partial charge is 0.326 e. The maximum Gasteiger partial charge on any atom is 0.326 e. The lowest BCUT2D eigenvalue weighted by Gasteiger charge is -2.07. The van der Waals surface area contributed by atoms with Gasteiger partial charge in [-0.25, -0.2) is 4.79 Å². The van der Waals surface area contributed by atoms with Gasteiger partial charge in [0.15, 0.2) is 0 Å². The molecule has 1 N–H and O–H groups in total.